The molecule has 7 heteroatoms. The summed E-state index contributed by atoms with van der Waals surface area (Å²) in [5.41, 5.74) is 2.06. The summed E-state index contributed by atoms with van der Waals surface area (Å²) >= 11 is 0. The van der Waals surface area contributed by atoms with E-state index in [2.05, 4.69) is 9.88 Å². The molecule has 3 aliphatic rings. The van der Waals surface area contributed by atoms with Crippen LogP contribution in [0.1, 0.15) is 30.7 Å². The number of ether oxygens (including phenoxy) is 1. The summed E-state index contributed by atoms with van der Waals surface area (Å²) in [6.07, 6.45) is 2.55. The number of fused-ring (bicyclic) bond motifs is 1. The fourth-order valence-corrected chi connectivity index (χ4v) is 5.86. The first-order chi connectivity index (χ1) is 11.5. The molecule has 4 rings (SSSR count). The van der Waals surface area contributed by atoms with Crippen molar-refractivity contribution in [3.63, 3.8) is 0 Å². The number of aromatic nitrogens is 1. The summed E-state index contributed by atoms with van der Waals surface area (Å²) < 4.78 is 33.1. The number of rotatable bonds is 4. The van der Waals surface area contributed by atoms with Crippen LogP contribution < -0.4 is 0 Å². The summed E-state index contributed by atoms with van der Waals surface area (Å²) in [5.74, 6) is 0. The van der Waals surface area contributed by atoms with Crippen molar-refractivity contribution in [2.45, 2.75) is 50.1 Å². The normalized spacial score (nSPS) is 29.4. The second-order valence-corrected chi connectivity index (χ2v) is 9.29. The molecule has 0 radical (unpaired) electrons. The zero-order chi connectivity index (χ0) is 16.7. The molecule has 0 unspecified atom stereocenters. The van der Waals surface area contributed by atoms with Crippen molar-refractivity contribution < 1.29 is 13.2 Å². The molecule has 1 aliphatic carbocycles. The van der Waals surface area contributed by atoms with Gasteiger partial charge in [-0.2, -0.15) is 4.31 Å². The standard InChI is InChI=1S/C17H25N3O3S/c1-13-3-2-4-14(18-13)11-19-8-7-17-16(12-19)20(9-10-23-17)24(21,22)15-5-6-15/h2-4,15-17H,5-12H2,1H3/t16-,17-/m1/s1. The highest BCUT2D eigenvalue weighted by Crippen LogP contribution is 2.35. The SMILES string of the molecule is Cc1cccc(CN2CC[C@H]3OCCN(S(=O)(=O)C4CC4)[C@@H]3C2)n1. The smallest absolute Gasteiger partial charge is 0.217 e. The van der Waals surface area contributed by atoms with Gasteiger partial charge in [-0.3, -0.25) is 9.88 Å². The molecular weight excluding hydrogens is 326 g/mol. The molecule has 2 atom stereocenters. The highest BCUT2D eigenvalue weighted by molar-refractivity contribution is 7.90. The molecule has 0 spiro atoms. The van der Waals surface area contributed by atoms with Gasteiger partial charge >= 0.3 is 0 Å². The van der Waals surface area contributed by atoms with Crippen LogP contribution in [0, 0.1) is 6.92 Å². The molecule has 0 N–H and O–H groups in total. The van der Waals surface area contributed by atoms with Crippen LogP contribution in [0.3, 0.4) is 0 Å². The molecule has 2 aliphatic heterocycles. The van der Waals surface area contributed by atoms with E-state index >= 15 is 0 Å². The van der Waals surface area contributed by atoms with Gasteiger partial charge in [0.25, 0.3) is 0 Å². The highest BCUT2D eigenvalue weighted by Gasteiger charge is 2.47. The van der Waals surface area contributed by atoms with Gasteiger partial charge in [0.05, 0.1) is 29.7 Å². The van der Waals surface area contributed by atoms with Crippen molar-refractivity contribution in [2.75, 3.05) is 26.2 Å². The summed E-state index contributed by atoms with van der Waals surface area (Å²) in [7, 11) is -3.15. The van der Waals surface area contributed by atoms with Gasteiger partial charge in [0.2, 0.25) is 10.0 Å². The van der Waals surface area contributed by atoms with Crippen molar-refractivity contribution >= 4 is 10.0 Å². The second kappa shape index (κ2) is 6.37. The quantitative estimate of drug-likeness (QED) is 0.814. The van der Waals surface area contributed by atoms with E-state index in [-0.39, 0.29) is 17.4 Å². The number of piperidine rings is 1. The number of nitrogens with zero attached hydrogens (tertiary/aromatic N) is 3. The molecule has 132 valence electrons. The Bertz CT molecular complexity index is 705. The maximum absolute atomic E-state index is 12.8. The molecular formula is C17H25N3O3S. The number of hydrogen-bond donors (Lipinski definition) is 0. The van der Waals surface area contributed by atoms with Gasteiger partial charge in [-0.1, -0.05) is 6.07 Å². The van der Waals surface area contributed by atoms with Crippen LogP contribution in [0.25, 0.3) is 0 Å². The van der Waals surface area contributed by atoms with E-state index in [1.807, 2.05) is 25.1 Å². The van der Waals surface area contributed by atoms with Crippen LogP contribution in [-0.4, -0.2) is 66.2 Å². The molecule has 6 nitrogen and oxygen atoms in total. The van der Waals surface area contributed by atoms with Crippen LogP contribution >= 0.6 is 0 Å². The lowest BCUT2D eigenvalue weighted by molar-refractivity contribution is -0.0772. The highest BCUT2D eigenvalue weighted by atomic mass is 32.2. The van der Waals surface area contributed by atoms with Crippen molar-refractivity contribution in [3.8, 4) is 0 Å². The third-order valence-electron chi connectivity index (χ3n) is 5.22. The number of sulfonamides is 1. The molecule has 2 saturated heterocycles. The topological polar surface area (TPSA) is 62.7 Å². The van der Waals surface area contributed by atoms with Crippen molar-refractivity contribution in [3.05, 3.63) is 29.6 Å². The minimum atomic E-state index is -3.15. The molecule has 1 aromatic rings. The third-order valence-corrected chi connectivity index (χ3v) is 7.64. The number of likely N-dealkylation sites (tertiary alicyclic amines) is 1. The van der Waals surface area contributed by atoms with Crippen molar-refractivity contribution in [1.29, 1.82) is 0 Å². The van der Waals surface area contributed by atoms with Crippen LogP contribution in [-0.2, 0) is 21.3 Å². The Hall–Kier alpha value is -1.02. The minimum absolute atomic E-state index is 0.0361. The zero-order valence-electron chi connectivity index (χ0n) is 14.1. The summed E-state index contributed by atoms with van der Waals surface area (Å²) in [6.45, 7) is 5.43. The monoisotopic (exact) mass is 351 g/mol. The fraction of sp³-hybridized carbons (Fsp3) is 0.706. The van der Waals surface area contributed by atoms with Crippen molar-refractivity contribution in [1.82, 2.24) is 14.2 Å². The van der Waals surface area contributed by atoms with Crippen molar-refractivity contribution in [2.24, 2.45) is 0 Å². The number of pyridine rings is 1. The van der Waals surface area contributed by atoms with Crippen LogP contribution in [0.15, 0.2) is 18.2 Å². The first-order valence-corrected chi connectivity index (χ1v) is 10.3. The van der Waals surface area contributed by atoms with Gasteiger partial charge in [0, 0.05) is 31.9 Å². The summed E-state index contributed by atoms with van der Waals surface area (Å²) in [4.78, 5) is 6.89. The Kier molecular flexibility index (Phi) is 4.36. The fourth-order valence-electron chi connectivity index (χ4n) is 3.84. The minimum Gasteiger partial charge on any atom is -0.375 e. The Morgan fingerprint density at radius 2 is 2.08 bits per heavy atom. The third kappa shape index (κ3) is 3.22. The van der Waals surface area contributed by atoms with E-state index in [0.717, 1.165) is 50.3 Å². The number of morpholine rings is 1. The molecule has 3 fully saturated rings. The molecule has 1 saturated carbocycles. The maximum atomic E-state index is 12.8. The Balaban J connectivity index is 1.49. The lowest BCUT2D eigenvalue weighted by Gasteiger charge is -2.46. The average molecular weight is 351 g/mol. The van der Waals surface area contributed by atoms with E-state index in [1.54, 1.807) is 4.31 Å². The van der Waals surface area contributed by atoms with E-state index in [4.69, 9.17) is 4.74 Å². The Morgan fingerprint density at radius 1 is 1.25 bits per heavy atom. The maximum Gasteiger partial charge on any atom is 0.217 e. The second-order valence-electron chi connectivity index (χ2n) is 7.13. The van der Waals surface area contributed by atoms with Crippen LogP contribution in [0.4, 0.5) is 0 Å². The Labute approximate surface area is 143 Å². The van der Waals surface area contributed by atoms with E-state index in [1.165, 1.54) is 0 Å². The molecule has 24 heavy (non-hydrogen) atoms. The van der Waals surface area contributed by atoms with E-state index in [0.29, 0.717) is 13.2 Å². The summed E-state index contributed by atoms with van der Waals surface area (Å²) in [5, 5.41) is -0.148. The zero-order valence-corrected chi connectivity index (χ0v) is 14.9. The lowest BCUT2D eigenvalue weighted by atomic mass is 10.0. The van der Waals surface area contributed by atoms with E-state index in [9.17, 15) is 8.42 Å². The first-order valence-electron chi connectivity index (χ1n) is 8.81. The Morgan fingerprint density at radius 3 is 2.83 bits per heavy atom. The molecule has 0 amide bonds. The average Bonchev–Trinajstić information content (AvgIpc) is 3.39. The van der Waals surface area contributed by atoms with E-state index < -0.39 is 10.0 Å². The van der Waals surface area contributed by atoms with Crippen LogP contribution in [0.2, 0.25) is 0 Å². The largest absolute Gasteiger partial charge is 0.375 e. The van der Waals surface area contributed by atoms with Gasteiger partial charge in [-0.25, -0.2) is 8.42 Å². The van der Waals surface area contributed by atoms with Gasteiger partial charge in [-0.15, -0.1) is 0 Å². The summed E-state index contributed by atoms with van der Waals surface area (Å²) in [6, 6.07) is 6.00. The van der Waals surface area contributed by atoms with Crippen LogP contribution in [0.5, 0.6) is 0 Å². The van der Waals surface area contributed by atoms with Gasteiger partial charge in [0.15, 0.2) is 0 Å². The number of aryl methyl sites for hydroxylation is 1. The molecule has 1 aromatic heterocycles. The first kappa shape index (κ1) is 16.4. The van der Waals surface area contributed by atoms with Gasteiger partial charge in [0.1, 0.15) is 0 Å². The molecule has 0 aromatic carbocycles. The molecule has 3 heterocycles. The molecule has 0 bridgehead atoms. The predicted octanol–water partition coefficient (Wildman–Crippen LogP) is 1.16. The van der Waals surface area contributed by atoms with Gasteiger partial charge < -0.3 is 4.74 Å². The lowest BCUT2D eigenvalue weighted by Crippen LogP contribution is -2.61. The number of hydrogen-bond acceptors (Lipinski definition) is 5. The predicted molar refractivity (Wildman–Crippen MR) is 91.0 cm³/mol. The van der Waals surface area contributed by atoms with Gasteiger partial charge in [-0.05, 0) is 38.3 Å².